The van der Waals surface area contributed by atoms with Crippen LogP contribution < -0.4 is 0 Å². The standard InChI is InChI=1S/C9H22Si2/c1-6-9-10(2,3)7-8-11(9,4)5/h9H,6-8H2,1-5H3/i2D3. The van der Waals surface area contributed by atoms with Gasteiger partial charge in [0.05, 0.1) is 0 Å². The highest BCUT2D eigenvalue weighted by Crippen LogP contribution is 2.47. The molecule has 1 aliphatic heterocycles. The number of hydrogen-bond donors (Lipinski definition) is 0. The second kappa shape index (κ2) is 2.73. The maximum Gasteiger partial charge on any atom is 0.0475 e. The van der Waals surface area contributed by atoms with Crippen molar-refractivity contribution < 1.29 is 4.11 Å². The fourth-order valence-electron chi connectivity index (χ4n) is 2.80. The van der Waals surface area contributed by atoms with Crippen LogP contribution in [0.3, 0.4) is 0 Å². The summed E-state index contributed by atoms with van der Waals surface area (Å²) in [5.41, 5.74) is 0. The molecule has 1 fully saturated rings. The first-order valence-corrected chi connectivity index (χ1v) is 10.7. The lowest BCUT2D eigenvalue weighted by Gasteiger charge is -2.31. The maximum atomic E-state index is 7.75. The van der Waals surface area contributed by atoms with Gasteiger partial charge in [-0.25, -0.2) is 0 Å². The van der Waals surface area contributed by atoms with Gasteiger partial charge in [0.1, 0.15) is 0 Å². The van der Waals surface area contributed by atoms with Crippen molar-refractivity contribution >= 4 is 16.1 Å². The highest BCUT2D eigenvalue weighted by molar-refractivity contribution is 7.01. The summed E-state index contributed by atoms with van der Waals surface area (Å²) in [4.78, 5) is 0. The molecule has 1 aliphatic rings. The summed E-state index contributed by atoms with van der Waals surface area (Å²) in [7, 11) is -3.20. The SMILES string of the molecule is [2H]C([2H])([2H])[Si]1(C)CC[Si](C)(C)C1CC. The molecule has 0 aromatic heterocycles. The van der Waals surface area contributed by atoms with Gasteiger partial charge in [-0.05, 0) is 5.16 Å². The van der Waals surface area contributed by atoms with Crippen LogP contribution in [-0.4, -0.2) is 16.1 Å². The van der Waals surface area contributed by atoms with Crippen LogP contribution in [0, 0.1) is 0 Å². The molecular formula is C9H22Si2. The Hall–Kier alpha value is 0.434. The second-order valence-electron chi connectivity index (χ2n) is 4.87. The van der Waals surface area contributed by atoms with Crippen molar-refractivity contribution in [3.63, 3.8) is 0 Å². The monoisotopic (exact) mass is 189 g/mol. The fourth-order valence-corrected chi connectivity index (χ4v) is 17.9. The lowest BCUT2D eigenvalue weighted by molar-refractivity contribution is 0.963. The van der Waals surface area contributed by atoms with Gasteiger partial charge in [0.25, 0.3) is 0 Å². The molecule has 0 amide bonds. The van der Waals surface area contributed by atoms with E-state index in [2.05, 4.69) is 26.6 Å². The lowest BCUT2D eigenvalue weighted by atomic mass is 10.6. The predicted molar refractivity (Wildman–Crippen MR) is 58.6 cm³/mol. The minimum absolute atomic E-state index is 0.600. The van der Waals surface area contributed by atoms with Crippen LogP contribution >= 0.6 is 0 Å². The first kappa shape index (κ1) is 5.97. The van der Waals surface area contributed by atoms with Gasteiger partial charge in [-0.1, -0.05) is 51.5 Å². The largest absolute Gasteiger partial charge is 0.0694 e. The van der Waals surface area contributed by atoms with Gasteiger partial charge in [-0.3, -0.25) is 0 Å². The van der Waals surface area contributed by atoms with Gasteiger partial charge < -0.3 is 0 Å². The molecule has 0 aliphatic carbocycles. The van der Waals surface area contributed by atoms with Gasteiger partial charge in [0, 0.05) is 20.3 Å². The van der Waals surface area contributed by atoms with Crippen LogP contribution in [0.1, 0.15) is 17.5 Å². The van der Waals surface area contributed by atoms with E-state index in [0.29, 0.717) is 5.16 Å². The van der Waals surface area contributed by atoms with Crippen molar-refractivity contribution in [2.24, 2.45) is 0 Å². The Labute approximate surface area is 77.6 Å². The molecule has 0 aromatic carbocycles. The third kappa shape index (κ3) is 1.62. The van der Waals surface area contributed by atoms with Crippen LogP contribution in [0.2, 0.25) is 43.4 Å². The molecule has 2 unspecified atom stereocenters. The third-order valence-electron chi connectivity index (χ3n) is 3.41. The smallest absolute Gasteiger partial charge is 0.0475 e. The summed E-state index contributed by atoms with van der Waals surface area (Å²) in [6.07, 6.45) is 1.10. The normalized spacial score (nSPS) is 48.0. The van der Waals surface area contributed by atoms with Crippen molar-refractivity contribution in [1.82, 2.24) is 0 Å². The number of hydrogen-bond acceptors (Lipinski definition) is 0. The predicted octanol–water partition coefficient (Wildman–Crippen LogP) is 3.74. The van der Waals surface area contributed by atoms with Gasteiger partial charge in [-0.2, -0.15) is 0 Å². The molecule has 2 atom stereocenters. The molecule has 0 aromatic rings. The fraction of sp³-hybridized carbons (Fsp3) is 1.00. The van der Waals surface area contributed by atoms with Crippen molar-refractivity contribution in [1.29, 1.82) is 0 Å². The molecule has 1 rings (SSSR count). The Kier molecular flexibility index (Phi) is 1.48. The number of rotatable bonds is 1. The van der Waals surface area contributed by atoms with Crippen LogP contribution in [0.5, 0.6) is 0 Å². The van der Waals surface area contributed by atoms with Crippen LogP contribution in [0.4, 0.5) is 0 Å². The molecule has 0 spiro atoms. The molecule has 1 saturated heterocycles. The average molecular weight is 189 g/mol. The van der Waals surface area contributed by atoms with Gasteiger partial charge in [0.15, 0.2) is 0 Å². The van der Waals surface area contributed by atoms with Gasteiger partial charge in [0.2, 0.25) is 0 Å². The van der Waals surface area contributed by atoms with Gasteiger partial charge in [-0.15, -0.1) is 0 Å². The van der Waals surface area contributed by atoms with Crippen molar-refractivity contribution in [2.75, 3.05) is 0 Å². The summed E-state index contributed by atoms with van der Waals surface area (Å²) >= 11 is 0. The van der Waals surface area contributed by atoms with E-state index < -0.39 is 22.6 Å². The molecule has 66 valence electrons. The van der Waals surface area contributed by atoms with Crippen molar-refractivity contribution in [2.45, 2.75) is 56.7 Å². The average Bonchev–Trinajstić information content (AvgIpc) is 2.22. The zero-order valence-corrected chi connectivity index (χ0v) is 10.2. The zero-order chi connectivity index (χ0) is 11.2. The molecule has 0 saturated carbocycles. The van der Waals surface area contributed by atoms with Crippen LogP contribution in [0.15, 0.2) is 0 Å². The Balaban J connectivity index is 3.03. The summed E-state index contributed by atoms with van der Waals surface area (Å²) < 4.78 is 23.3. The summed E-state index contributed by atoms with van der Waals surface area (Å²) in [6, 6.07) is 2.29. The van der Waals surface area contributed by atoms with E-state index in [1.165, 1.54) is 6.04 Å². The molecule has 0 N–H and O–H groups in total. The Morgan fingerprint density at radius 1 is 1.27 bits per heavy atom. The second-order valence-corrected chi connectivity index (χ2v) is 14.7. The van der Waals surface area contributed by atoms with Crippen molar-refractivity contribution in [3.8, 4) is 0 Å². The minimum atomic E-state index is -1.99. The molecule has 0 radical (unpaired) electrons. The van der Waals surface area contributed by atoms with E-state index in [-0.39, 0.29) is 0 Å². The first-order chi connectivity index (χ1) is 6.15. The summed E-state index contributed by atoms with van der Waals surface area (Å²) in [6.45, 7) is 7.43. The molecule has 0 bridgehead atoms. The van der Waals surface area contributed by atoms with E-state index in [1.54, 1.807) is 0 Å². The summed E-state index contributed by atoms with van der Waals surface area (Å²) in [5.74, 6) is 0. The van der Waals surface area contributed by atoms with E-state index >= 15 is 0 Å². The Bertz CT molecular complexity index is 221. The maximum absolute atomic E-state index is 7.75. The van der Waals surface area contributed by atoms with E-state index in [0.717, 1.165) is 12.5 Å². The molecule has 1 heterocycles. The van der Waals surface area contributed by atoms with E-state index in [1.807, 2.05) is 0 Å². The van der Waals surface area contributed by atoms with E-state index in [4.69, 9.17) is 4.11 Å². The third-order valence-corrected chi connectivity index (χ3v) is 15.2. The zero-order valence-electron chi connectivity index (χ0n) is 11.2. The first-order valence-electron chi connectivity index (χ1n) is 6.15. The topological polar surface area (TPSA) is 0 Å². The molecule has 11 heavy (non-hydrogen) atoms. The highest BCUT2D eigenvalue weighted by Gasteiger charge is 2.47. The van der Waals surface area contributed by atoms with Crippen LogP contribution in [-0.2, 0) is 0 Å². The highest BCUT2D eigenvalue weighted by atomic mass is 28.4. The summed E-state index contributed by atoms with van der Waals surface area (Å²) in [5, 5.41) is 0.600. The van der Waals surface area contributed by atoms with E-state index in [9.17, 15) is 0 Å². The molecule has 2 heteroatoms. The molecular weight excluding hydrogens is 164 g/mol. The lowest BCUT2D eigenvalue weighted by Crippen LogP contribution is -2.37. The van der Waals surface area contributed by atoms with Crippen molar-refractivity contribution in [3.05, 3.63) is 0 Å². The van der Waals surface area contributed by atoms with Gasteiger partial charge >= 0.3 is 0 Å². The minimum Gasteiger partial charge on any atom is -0.0694 e. The molecule has 0 nitrogen and oxygen atoms in total. The quantitative estimate of drug-likeness (QED) is 0.551. The Morgan fingerprint density at radius 2 is 1.82 bits per heavy atom. The van der Waals surface area contributed by atoms with Crippen LogP contribution in [0.25, 0.3) is 0 Å². The Morgan fingerprint density at radius 3 is 2.18 bits per heavy atom.